The number of hydrazone groups is 1. The Balaban J connectivity index is 1.72. The molecule has 4 rings (SSSR count). The highest BCUT2D eigenvalue weighted by molar-refractivity contribution is 7.92. The van der Waals surface area contributed by atoms with E-state index in [9.17, 15) is 13.2 Å². The van der Waals surface area contributed by atoms with Gasteiger partial charge < -0.3 is 4.74 Å². The molecule has 0 aliphatic carbocycles. The average Bonchev–Trinajstić information content (AvgIpc) is 3.44. The lowest BCUT2D eigenvalue weighted by Crippen LogP contribution is -2.26. The van der Waals surface area contributed by atoms with Gasteiger partial charge in [-0.2, -0.15) is 5.10 Å². The molecule has 2 heterocycles. The molecule has 1 atom stereocenters. The summed E-state index contributed by atoms with van der Waals surface area (Å²) in [4.78, 5) is 13.8. The summed E-state index contributed by atoms with van der Waals surface area (Å²) in [6.07, 6.45) is 1.56. The number of para-hydroxylation sites is 1. The molecular formula is C23H23N3O4S2. The van der Waals surface area contributed by atoms with Crippen LogP contribution >= 0.6 is 11.3 Å². The fourth-order valence-corrected chi connectivity index (χ4v) is 4.84. The molecular weight excluding hydrogens is 446 g/mol. The van der Waals surface area contributed by atoms with Crippen LogP contribution in [0.5, 0.6) is 5.75 Å². The third-order valence-electron chi connectivity index (χ3n) is 4.96. The summed E-state index contributed by atoms with van der Waals surface area (Å²) in [6.45, 7) is 2.50. The minimum atomic E-state index is -3.47. The van der Waals surface area contributed by atoms with Crippen molar-refractivity contribution in [2.75, 3.05) is 17.6 Å². The second-order valence-corrected chi connectivity index (χ2v) is 10.0. The van der Waals surface area contributed by atoms with Gasteiger partial charge in [0.25, 0.3) is 5.91 Å². The molecule has 1 N–H and O–H groups in total. The molecule has 0 saturated carbocycles. The van der Waals surface area contributed by atoms with E-state index >= 15 is 0 Å². The molecule has 1 amide bonds. The molecule has 3 aromatic rings. The highest BCUT2D eigenvalue weighted by Crippen LogP contribution is 2.36. The van der Waals surface area contributed by atoms with E-state index in [1.54, 1.807) is 24.3 Å². The Kier molecular flexibility index (Phi) is 6.29. The van der Waals surface area contributed by atoms with Crippen LogP contribution in [0.1, 0.15) is 40.2 Å². The number of rotatable bonds is 7. The lowest BCUT2D eigenvalue weighted by Gasteiger charge is -2.21. The summed E-state index contributed by atoms with van der Waals surface area (Å²) in [5.41, 5.74) is 2.64. The van der Waals surface area contributed by atoms with Crippen LogP contribution in [0.2, 0.25) is 0 Å². The van der Waals surface area contributed by atoms with Crippen LogP contribution in [0.3, 0.4) is 0 Å². The van der Waals surface area contributed by atoms with E-state index in [0.717, 1.165) is 17.6 Å². The van der Waals surface area contributed by atoms with Crippen molar-refractivity contribution in [1.82, 2.24) is 5.01 Å². The van der Waals surface area contributed by atoms with Crippen molar-refractivity contribution in [3.05, 3.63) is 82.0 Å². The number of nitrogens with zero attached hydrogens (tertiary/aromatic N) is 2. The summed E-state index contributed by atoms with van der Waals surface area (Å²) in [6, 6.07) is 18.0. The molecule has 0 unspecified atom stereocenters. The van der Waals surface area contributed by atoms with Crippen molar-refractivity contribution >= 4 is 38.7 Å². The Morgan fingerprint density at radius 1 is 1.16 bits per heavy atom. The lowest BCUT2D eigenvalue weighted by molar-refractivity contribution is 0.0716. The van der Waals surface area contributed by atoms with Gasteiger partial charge in [0.2, 0.25) is 10.0 Å². The van der Waals surface area contributed by atoms with Gasteiger partial charge >= 0.3 is 0 Å². The highest BCUT2D eigenvalue weighted by atomic mass is 32.2. The van der Waals surface area contributed by atoms with Gasteiger partial charge in [-0.3, -0.25) is 9.52 Å². The van der Waals surface area contributed by atoms with Crippen LogP contribution in [-0.2, 0) is 10.0 Å². The first kappa shape index (κ1) is 22.0. The molecule has 0 saturated heterocycles. The number of thiophene rings is 1. The summed E-state index contributed by atoms with van der Waals surface area (Å²) in [5.74, 6) is 0.566. The van der Waals surface area contributed by atoms with Crippen molar-refractivity contribution in [2.24, 2.45) is 5.10 Å². The van der Waals surface area contributed by atoms with Crippen molar-refractivity contribution in [3.63, 3.8) is 0 Å². The molecule has 1 aliphatic rings. The first-order valence-corrected chi connectivity index (χ1v) is 12.9. The van der Waals surface area contributed by atoms with Crippen LogP contribution in [0.25, 0.3) is 0 Å². The minimum absolute atomic E-state index is 0.192. The standard InChI is InChI=1S/C23H23N3O4S2/c1-3-30-17-12-10-16(11-13-17)21-15-20(24-26(21)23(27)22-9-6-14-31-22)18-7-4-5-8-19(18)25-32(2,28)29/h4-14,21,25H,3,15H2,1-2H3/t21-/m0/s1. The lowest BCUT2D eigenvalue weighted by atomic mass is 9.97. The maximum Gasteiger partial charge on any atom is 0.284 e. The average molecular weight is 470 g/mol. The summed E-state index contributed by atoms with van der Waals surface area (Å²) in [5, 5.41) is 8.01. The molecule has 1 aliphatic heterocycles. The molecule has 0 radical (unpaired) electrons. The van der Waals surface area contributed by atoms with Crippen molar-refractivity contribution < 1.29 is 17.9 Å². The third-order valence-corrected chi connectivity index (χ3v) is 6.41. The van der Waals surface area contributed by atoms with E-state index in [-0.39, 0.29) is 11.9 Å². The van der Waals surface area contributed by atoms with Crippen LogP contribution < -0.4 is 9.46 Å². The molecule has 0 spiro atoms. The van der Waals surface area contributed by atoms with E-state index in [4.69, 9.17) is 4.74 Å². The molecule has 0 fully saturated rings. The minimum Gasteiger partial charge on any atom is -0.494 e. The Hall–Kier alpha value is -3.17. The largest absolute Gasteiger partial charge is 0.494 e. The Morgan fingerprint density at radius 2 is 1.91 bits per heavy atom. The number of amides is 1. The number of nitrogens with one attached hydrogen (secondary N) is 1. The number of hydrogen-bond acceptors (Lipinski definition) is 6. The smallest absolute Gasteiger partial charge is 0.284 e. The van der Waals surface area contributed by atoms with Crippen LogP contribution in [-0.4, -0.2) is 37.9 Å². The van der Waals surface area contributed by atoms with Gasteiger partial charge in [-0.15, -0.1) is 11.3 Å². The molecule has 1 aromatic heterocycles. The zero-order valence-electron chi connectivity index (χ0n) is 17.7. The Bertz CT molecular complexity index is 1240. The molecule has 166 valence electrons. The Morgan fingerprint density at radius 3 is 2.56 bits per heavy atom. The first-order chi connectivity index (χ1) is 15.4. The maximum atomic E-state index is 13.2. The summed E-state index contributed by atoms with van der Waals surface area (Å²) >= 11 is 1.36. The molecule has 2 aromatic carbocycles. The number of hydrogen-bond donors (Lipinski definition) is 1. The normalized spacial score (nSPS) is 16.0. The van der Waals surface area contributed by atoms with E-state index in [1.807, 2.05) is 48.7 Å². The molecule has 0 bridgehead atoms. The maximum absolute atomic E-state index is 13.2. The van der Waals surface area contributed by atoms with Gasteiger partial charge in [0, 0.05) is 12.0 Å². The SMILES string of the molecule is CCOc1ccc([C@@H]2CC(c3ccccc3NS(C)(=O)=O)=NN2C(=O)c2cccs2)cc1. The molecule has 7 nitrogen and oxygen atoms in total. The topological polar surface area (TPSA) is 88.1 Å². The second-order valence-electron chi connectivity index (χ2n) is 7.32. The van der Waals surface area contributed by atoms with E-state index in [0.29, 0.717) is 34.9 Å². The number of carbonyl (C=O) groups is 1. The number of anilines is 1. The number of ether oxygens (including phenoxy) is 1. The summed E-state index contributed by atoms with van der Waals surface area (Å²) < 4.78 is 31.8. The first-order valence-electron chi connectivity index (χ1n) is 10.1. The molecule has 32 heavy (non-hydrogen) atoms. The van der Waals surface area contributed by atoms with Crippen molar-refractivity contribution in [2.45, 2.75) is 19.4 Å². The van der Waals surface area contributed by atoms with Crippen LogP contribution in [0.15, 0.2) is 71.1 Å². The predicted molar refractivity (Wildman–Crippen MR) is 127 cm³/mol. The van der Waals surface area contributed by atoms with Gasteiger partial charge in [0.05, 0.1) is 35.2 Å². The monoisotopic (exact) mass is 469 g/mol. The van der Waals surface area contributed by atoms with Gasteiger partial charge in [-0.05, 0) is 42.1 Å². The van der Waals surface area contributed by atoms with Gasteiger partial charge in [0.15, 0.2) is 0 Å². The van der Waals surface area contributed by atoms with Gasteiger partial charge in [-0.25, -0.2) is 13.4 Å². The zero-order chi connectivity index (χ0) is 22.7. The fourth-order valence-electron chi connectivity index (χ4n) is 3.61. The van der Waals surface area contributed by atoms with E-state index in [2.05, 4.69) is 9.82 Å². The van der Waals surface area contributed by atoms with Gasteiger partial charge in [-0.1, -0.05) is 36.4 Å². The number of carbonyl (C=O) groups excluding carboxylic acids is 1. The van der Waals surface area contributed by atoms with Crippen molar-refractivity contribution in [3.8, 4) is 5.75 Å². The van der Waals surface area contributed by atoms with Crippen LogP contribution in [0, 0.1) is 0 Å². The zero-order valence-corrected chi connectivity index (χ0v) is 19.3. The quantitative estimate of drug-likeness (QED) is 0.551. The van der Waals surface area contributed by atoms with Gasteiger partial charge in [0.1, 0.15) is 5.75 Å². The Labute approximate surface area is 191 Å². The molecule has 9 heteroatoms. The van der Waals surface area contributed by atoms with E-state index in [1.165, 1.54) is 16.3 Å². The fraction of sp³-hybridized carbons (Fsp3) is 0.217. The highest BCUT2D eigenvalue weighted by Gasteiger charge is 2.34. The summed E-state index contributed by atoms with van der Waals surface area (Å²) in [7, 11) is -3.47. The van der Waals surface area contributed by atoms with E-state index < -0.39 is 10.0 Å². The third kappa shape index (κ3) is 4.84. The number of benzene rings is 2. The second kappa shape index (κ2) is 9.13. The predicted octanol–water partition coefficient (Wildman–Crippen LogP) is 4.51. The van der Waals surface area contributed by atoms with Crippen LogP contribution in [0.4, 0.5) is 5.69 Å². The number of sulfonamides is 1. The van der Waals surface area contributed by atoms with Crippen molar-refractivity contribution in [1.29, 1.82) is 0 Å².